The molecule has 4 N–H and O–H groups in total. The van der Waals surface area contributed by atoms with E-state index in [0.717, 1.165) is 56.5 Å². The van der Waals surface area contributed by atoms with Crippen molar-refractivity contribution in [3.05, 3.63) is 0 Å². The van der Waals surface area contributed by atoms with Gasteiger partial charge in [0.25, 0.3) is 0 Å². The zero-order chi connectivity index (χ0) is 48.5. The molecule has 3 atom stereocenters. The van der Waals surface area contributed by atoms with Crippen molar-refractivity contribution < 1.29 is 60.1 Å². The van der Waals surface area contributed by atoms with E-state index < -0.39 is 34.8 Å². The van der Waals surface area contributed by atoms with Crippen molar-refractivity contribution in [3.8, 4) is 0 Å². The standard InChI is InChI=1S/C8H16OS.C6H9NO3S.C5H11NO2S.2C4H8O.4C3H9P.CCl2O.Co/c1-4-8(7(2)9)5-6-10-3;1-11-3-2-4-5(8)10-6(9)7-4;1-9-3-2-4(6)5(7)8;2*1-2-4-5-3-1;4*1-4(2)3;2-1(3)4;/h8H,4-6H2,1-3H3;4H,2-3H2,1H3,(H,7,9);4H,2-3,6H2,1H3,(H,7,8);2*1-4H2;4*1-3H3;;/t8-;2*4-;;;;;;;;/m000......../s1. The van der Waals surface area contributed by atoms with Gasteiger partial charge in [-0.25, -0.2) is 9.59 Å². The number of carboxylic acid groups (broad SMARTS) is 1. The number of hydrogen-bond acceptors (Lipinski definition) is 12. The zero-order valence-corrected chi connectivity index (χ0v) is 49.3. The number of halogens is 2. The number of ether oxygens (including phenoxy) is 3. The van der Waals surface area contributed by atoms with Crippen molar-refractivity contribution in [1.29, 1.82) is 0 Å². The maximum Gasteiger partial charge on any atom is 0.415 e. The smallest absolute Gasteiger partial charge is 0.415 e. The molecule has 11 nitrogen and oxygen atoms in total. The fraction of sp³-hybridized carbons (Fsp3) is 0.875. The van der Waals surface area contributed by atoms with Crippen LogP contribution in [-0.4, -0.2) is 188 Å². The molecule has 0 spiro atoms. The van der Waals surface area contributed by atoms with Gasteiger partial charge in [-0.15, -0.1) is 31.7 Å². The van der Waals surface area contributed by atoms with E-state index in [9.17, 15) is 19.2 Å². The summed E-state index contributed by atoms with van der Waals surface area (Å²) < 4.78 is 13.3. The third-order valence-corrected chi connectivity index (χ3v) is 7.66. The van der Waals surface area contributed by atoms with Gasteiger partial charge in [0.15, 0.2) is 0 Å². The summed E-state index contributed by atoms with van der Waals surface area (Å²) in [5.41, 5.74) is 5.19. The molecule has 0 aliphatic carbocycles. The number of rotatable bonds is 12. The van der Waals surface area contributed by atoms with Crippen molar-refractivity contribution in [2.24, 2.45) is 11.7 Å². The molecule has 0 saturated carbocycles. The normalized spacial score (nSPS) is 15.0. The van der Waals surface area contributed by atoms with Crippen LogP contribution in [0.25, 0.3) is 0 Å². The zero-order valence-electron chi connectivity index (χ0n) is 40.7. The Morgan fingerprint density at radius 1 is 0.721 bits per heavy atom. The third kappa shape index (κ3) is 105. The van der Waals surface area contributed by atoms with Gasteiger partial charge in [-0.1, -0.05) is 6.92 Å². The van der Waals surface area contributed by atoms with E-state index in [4.69, 9.17) is 25.1 Å². The number of thioether (sulfide) groups is 3. The molecule has 0 bridgehead atoms. The van der Waals surface area contributed by atoms with Gasteiger partial charge in [0.1, 0.15) is 17.9 Å². The third-order valence-electron chi connectivity index (χ3n) is 5.72. The van der Waals surface area contributed by atoms with E-state index >= 15 is 0 Å². The van der Waals surface area contributed by atoms with Crippen LogP contribution < -0.4 is 11.1 Å². The molecule has 1 amide bonds. The quantitative estimate of drug-likeness (QED) is 0.0731. The number of Topliss-reactive ketones (excluding diaryl/α,β-unsaturated/α-hetero) is 1. The minimum Gasteiger partial charge on any atom is -0.480 e. The second-order valence-electron chi connectivity index (χ2n) is 14.6. The van der Waals surface area contributed by atoms with E-state index in [1.807, 2.05) is 24.3 Å². The van der Waals surface area contributed by atoms with Crippen LogP contribution in [0.2, 0.25) is 0 Å². The van der Waals surface area contributed by atoms with Crippen LogP contribution in [0.4, 0.5) is 9.59 Å². The van der Waals surface area contributed by atoms with E-state index in [2.05, 4.69) is 126 Å². The van der Waals surface area contributed by atoms with Crippen molar-refractivity contribution >= 4 is 119 Å². The number of esters is 1. The number of carbonyl (C=O) groups is 5. The maximum atomic E-state index is 10.9. The number of ketones is 1. The molecule has 3 heterocycles. The Hall–Kier alpha value is 1.49. The van der Waals surface area contributed by atoms with Gasteiger partial charge in [0, 0.05) is 49.1 Å². The molecule has 0 unspecified atom stereocenters. The summed E-state index contributed by atoms with van der Waals surface area (Å²) >= 11 is 13.8. The van der Waals surface area contributed by atoms with Crippen molar-refractivity contribution in [2.45, 2.75) is 77.3 Å². The van der Waals surface area contributed by atoms with Crippen molar-refractivity contribution in [3.63, 3.8) is 0 Å². The number of nitrogens with two attached hydrogens (primary N) is 1. The number of carbonyl (C=O) groups excluding carboxylic acids is 4. The monoisotopic (exact) mass is 1090 g/mol. The molecule has 3 saturated heterocycles. The van der Waals surface area contributed by atoms with Crippen LogP contribution >= 0.6 is 90.2 Å². The Bertz CT molecular complexity index is 907. The Kier molecular flexibility index (Phi) is 82.9. The number of cyclic esters (lactones) is 2. The number of nitrogens with one attached hydrogen (secondary N) is 1. The number of amides is 1. The fourth-order valence-electron chi connectivity index (χ4n) is 3.16. The minimum atomic E-state index is -0.913. The van der Waals surface area contributed by atoms with Gasteiger partial charge in [0.05, 0.1) is 0 Å². The van der Waals surface area contributed by atoms with Crippen LogP contribution in [0.5, 0.6) is 0 Å². The van der Waals surface area contributed by atoms with Gasteiger partial charge in [0.2, 0.25) is 0 Å². The largest absolute Gasteiger partial charge is 0.480 e. The van der Waals surface area contributed by atoms with E-state index in [1.165, 1.54) is 25.7 Å². The summed E-state index contributed by atoms with van der Waals surface area (Å²) in [4.78, 5) is 51.2. The van der Waals surface area contributed by atoms with Gasteiger partial charge >= 0.3 is 22.7 Å². The maximum absolute atomic E-state index is 10.9. The van der Waals surface area contributed by atoms with Gasteiger partial charge in [-0.05, 0) is 197 Å². The predicted octanol–water partition coefficient (Wildman–Crippen LogP) is 11.5. The van der Waals surface area contributed by atoms with Crippen molar-refractivity contribution in [1.82, 2.24) is 5.32 Å². The van der Waals surface area contributed by atoms with Gasteiger partial charge in [-0.3, -0.25) is 14.4 Å². The second-order valence-corrected chi connectivity index (χ2v) is 29.2. The topological polar surface area (TPSA) is 171 Å². The molecule has 3 fully saturated rings. The summed E-state index contributed by atoms with van der Waals surface area (Å²) in [6.07, 6.45) is 13.7. The molecule has 3 aliphatic heterocycles. The number of aliphatic carboxylic acids is 1. The molecular weight excluding hydrogens is 1000 g/mol. The summed E-state index contributed by atoms with van der Waals surface area (Å²) in [5.74, 6) is 2.06. The molecule has 21 heteroatoms. The van der Waals surface area contributed by atoms with E-state index in [0.29, 0.717) is 56.2 Å². The molecule has 3 rings (SSSR count). The van der Waals surface area contributed by atoms with Crippen LogP contribution in [0.3, 0.4) is 0 Å². The van der Waals surface area contributed by atoms with E-state index in [1.54, 1.807) is 30.4 Å². The number of alkyl carbamates (subject to hydrolysis) is 1. The van der Waals surface area contributed by atoms with Gasteiger partial charge < -0.3 is 30.4 Å². The Balaban J connectivity index is -0.0000000876. The molecule has 3 aliphatic rings. The average Bonchev–Trinajstić information content (AvgIpc) is 3.93. The second kappa shape index (κ2) is 63.6. The number of hydrogen-bond donors (Lipinski definition) is 3. The molecular formula is C40H88Cl2CoN2O9P4S3. The van der Waals surface area contributed by atoms with Crippen LogP contribution in [-0.2, 0) is 45.4 Å². The molecule has 1 radical (unpaired) electrons. The summed E-state index contributed by atoms with van der Waals surface area (Å²) in [5, 5.41) is 10.7. The SMILES string of the molecule is C1CCOC1.C1CCOC1.CC[C@@H](CCSC)C(C)=O.CP(C)C.CP(C)C.CP(C)C.CP(C)C.CSCC[C@@H]1NC(=O)OC1=O.CSCC[C@H](N)C(=O)O.O=C(Cl)Cl.[Co]. The van der Waals surface area contributed by atoms with Gasteiger partial charge in [-0.2, -0.15) is 35.3 Å². The summed E-state index contributed by atoms with van der Waals surface area (Å²) in [7, 11) is 1.52. The Morgan fingerprint density at radius 2 is 1.03 bits per heavy atom. The van der Waals surface area contributed by atoms with Crippen LogP contribution in [0.15, 0.2) is 0 Å². The minimum absolute atomic E-state index is 0. The average molecular weight is 1090 g/mol. The van der Waals surface area contributed by atoms with Crippen molar-refractivity contribution in [2.75, 3.05) is 142 Å². The molecule has 0 aromatic heterocycles. The summed E-state index contributed by atoms with van der Waals surface area (Å²) in [6.45, 7) is 34.5. The predicted molar refractivity (Wildman–Crippen MR) is 283 cm³/mol. The molecule has 61 heavy (non-hydrogen) atoms. The number of carboxylic acids is 1. The first-order valence-electron chi connectivity index (χ1n) is 19.7. The molecule has 373 valence electrons. The first-order valence-corrected chi connectivity index (χ1v) is 35.4. The Labute approximate surface area is 412 Å². The van der Waals surface area contributed by atoms with Crippen LogP contribution in [0.1, 0.15) is 65.2 Å². The molecule has 0 aromatic rings. The van der Waals surface area contributed by atoms with Crippen LogP contribution in [0, 0.1) is 5.92 Å². The first-order chi connectivity index (χ1) is 27.8. The first kappa shape index (κ1) is 79.6. The fourth-order valence-corrected chi connectivity index (χ4v) is 4.64. The molecule has 0 aromatic carbocycles. The van der Waals surface area contributed by atoms with E-state index in [-0.39, 0.29) is 16.8 Å². The Morgan fingerprint density at radius 3 is 1.23 bits per heavy atom. The summed E-state index contributed by atoms with van der Waals surface area (Å²) in [6, 6.07) is -1.10.